The maximum absolute atomic E-state index is 4.97. The monoisotopic (exact) mass is 198 g/mol. The van der Waals surface area contributed by atoms with E-state index in [2.05, 4.69) is 30.7 Å². The van der Waals surface area contributed by atoms with Crippen LogP contribution in [0.15, 0.2) is 17.6 Å². The van der Waals surface area contributed by atoms with E-state index in [9.17, 15) is 0 Å². The fraction of sp³-hybridized carbons (Fsp3) is 0.556. The molecular weight excluding hydrogens is 184 g/mol. The van der Waals surface area contributed by atoms with Gasteiger partial charge in [0.1, 0.15) is 0 Å². The van der Waals surface area contributed by atoms with Gasteiger partial charge in [-0.2, -0.15) is 0 Å². The molecule has 0 spiro atoms. The molecule has 1 aromatic heterocycles. The Bertz CT molecular complexity index is 266. The normalized spacial score (nSPS) is 11.4. The van der Waals surface area contributed by atoms with Crippen molar-refractivity contribution in [3.05, 3.63) is 12.4 Å². The highest BCUT2D eigenvalue weighted by Gasteiger charge is 2.13. The topological polar surface area (TPSA) is 35.0 Å². The molecular formula is C9H14N2OS. The lowest BCUT2D eigenvalue weighted by atomic mass is 10.3. The van der Waals surface area contributed by atoms with Gasteiger partial charge in [0.25, 0.3) is 0 Å². The highest BCUT2D eigenvalue weighted by molar-refractivity contribution is 8.00. The summed E-state index contributed by atoms with van der Waals surface area (Å²) in [5.74, 6) is 0.693. The van der Waals surface area contributed by atoms with E-state index in [0.717, 1.165) is 5.16 Å². The van der Waals surface area contributed by atoms with Gasteiger partial charge in [-0.3, -0.25) is 0 Å². The van der Waals surface area contributed by atoms with Crippen molar-refractivity contribution in [2.45, 2.75) is 30.7 Å². The second-order valence-electron chi connectivity index (χ2n) is 3.62. The zero-order chi connectivity index (χ0) is 9.90. The van der Waals surface area contributed by atoms with Crippen molar-refractivity contribution in [2.24, 2.45) is 0 Å². The van der Waals surface area contributed by atoms with Crippen LogP contribution in [0.2, 0.25) is 0 Å². The second-order valence-corrected chi connectivity index (χ2v) is 5.41. The summed E-state index contributed by atoms with van der Waals surface area (Å²) in [5.41, 5.74) is 0. The van der Waals surface area contributed by atoms with Gasteiger partial charge < -0.3 is 4.74 Å². The van der Waals surface area contributed by atoms with Crippen molar-refractivity contribution in [1.29, 1.82) is 0 Å². The van der Waals surface area contributed by atoms with Crippen molar-refractivity contribution in [2.75, 3.05) is 7.11 Å². The Labute approximate surface area is 82.9 Å². The van der Waals surface area contributed by atoms with Crippen LogP contribution in [-0.2, 0) is 0 Å². The first-order valence-electron chi connectivity index (χ1n) is 4.06. The maximum Gasteiger partial charge on any atom is 0.188 e. The predicted octanol–water partition coefficient (Wildman–Crippen LogP) is 2.38. The molecule has 0 fully saturated rings. The largest absolute Gasteiger partial charge is 0.494 e. The number of ether oxygens (including phenoxy) is 1. The number of rotatable bonds is 2. The third-order valence-corrected chi connectivity index (χ3v) is 2.24. The molecule has 13 heavy (non-hydrogen) atoms. The van der Waals surface area contributed by atoms with E-state index < -0.39 is 0 Å². The lowest BCUT2D eigenvalue weighted by Crippen LogP contribution is -2.08. The van der Waals surface area contributed by atoms with Crippen LogP contribution in [0.5, 0.6) is 5.75 Å². The Hall–Kier alpha value is -0.770. The minimum absolute atomic E-state index is 0.147. The van der Waals surface area contributed by atoms with Crippen molar-refractivity contribution in [3.8, 4) is 5.75 Å². The third kappa shape index (κ3) is 3.63. The Morgan fingerprint density at radius 2 is 1.77 bits per heavy atom. The van der Waals surface area contributed by atoms with E-state index in [-0.39, 0.29) is 4.75 Å². The molecule has 0 aliphatic carbocycles. The Balaban J connectivity index is 2.70. The molecule has 0 N–H and O–H groups in total. The predicted molar refractivity (Wildman–Crippen MR) is 54.2 cm³/mol. The molecule has 0 aromatic carbocycles. The highest BCUT2D eigenvalue weighted by Crippen LogP contribution is 2.28. The van der Waals surface area contributed by atoms with Gasteiger partial charge in [0.05, 0.1) is 19.5 Å². The molecule has 1 heterocycles. The van der Waals surface area contributed by atoms with Gasteiger partial charge in [-0.15, -0.1) is 0 Å². The first kappa shape index (κ1) is 10.3. The number of methoxy groups -OCH3 is 1. The van der Waals surface area contributed by atoms with Crippen molar-refractivity contribution < 1.29 is 4.74 Å². The smallest absolute Gasteiger partial charge is 0.188 e. The average Bonchev–Trinajstić information content (AvgIpc) is 2.03. The van der Waals surface area contributed by atoms with Crippen LogP contribution in [0.4, 0.5) is 0 Å². The van der Waals surface area contributed by atoms with Crippen LogP contribution in [-0.4, -0.2) is 21.8 Å². The minimum Gasteiger partial charge on any atom is -0.494 e. The molecule has 3 nitrogen and oxygen atoms in total. The SMILES string of the molecule is COc1cnc(SC(C)(C)C)nc1. The van der Waals surface area contributed by atoms with Crippen LogP contribution in [0.3, 0.4) is 0 Å². The molecule has 1 rings (SSSR count). The Kier molecular flexibility index (Phi) is 3.14. The van der Waals surface area contributed by atoms with E-state index in [1.54, 1.807) is 31.3 Å². The Morgan fingerprint density at radius 3 is 2.15 bits per heavy atom. The number of thioether (sulfide) groups is 1. The molecule has 0 atom stereocenters. The second kappa shape index (κ2) is 3.96. The van der Waals surface area contributed by atoms with Crippen molar-refractivity contribution in [3.63, 3.8) is 0 Å². The van der Waals surface area contributed by atoms with Gasteiger partial charge in [-0.25, -0.2) is 9.97 Å². The summed E-state index contributed by atoms with van der Waals surface area (Å²) in [5, 5.41) is 0.785. The highest BCUT2D eigenvalue weighted by atomic mass is 32.2. The van der Waals surface area contributed by atoms with E-state index in [0.29, 0.717) is 5.75 Å². The molecule has 0 saturated heterocycles. The molecule has 1 aromatic rings. The molecule has 0 aliphatic heterocycles. The molecule has 72 valence electrons. The van der Waals surface area contributed by atoms with E-state index in [4.69, 9.17) is 4.74 Å². The fourth-order valence-corrected chi connectivity index (χ4v) is 1.49. The molecule has 4 heteroatoms. The van der Waals surface area contributed by atoms with Crippen LogP contribution in [0.25, 0.3) is 0 Å². The maximum atomic E-state index is 4.97. The summed E-state index contributed by atoms with van der Waals surface area (Å²) < 4.78 is 5.11. The first-order chi connectivity index (χ1) is 6.01. The van der Waals surface area contributed by atoms with Crippen LogP contribution < -0.4 is 4.74 Å². The van der Waals surface area contributed by atoms with E-state index >= 15 is 0 Å². The Morgan fingerprint density at radius 1 is 1.23 bits per heavy atom. The lowest BCUT2D eigenvalue weighted by molar-refractivity contribution is 0.409. The summed E-state index contributed by atoms with van der Waals surface area (Å²) in [6.07, 6.45) is 3.36. The number of nitrogens with zero attached hydrogens (tertiary/aromatic N) is 2. The van der Waals surface area contributed by atoms with Gasteiger partial charge in [-0.1, -0.05) is 32.5 Å². The van der Waals surface area contributed by atoms with Gasteiger partial charge in [0, 0.05) is 4.75 Å². The van der Waals surface area contributed by atoms with Crippen LogP contribution in [0.1, 0.15) is 20.8 Å². The summed E-state index contributed by atoms with van der Waals surface area (Å²) in [6.45, 7) is 6.39. The van der Waals surface area contributed by atoms with Gasteiger partial charge in [0.15, 0.2) is 10.9 Å². The summed E-state index contributed by atoms with van der Waals surface area (Å²) in [4.78, 5) is 8.32. The fourth-order valence-electron chi connectivity index (χ4n) is 0.736. The van der Waals surface area contributed by atoms with Gasteiger partial charge >= 0.3 is 0 Å². The van der Waals surface area contributed by atoms with Gasteiger partial charge in [0.2, 0.25) is 0 Å². The van der Waals surface area contributed by atoms with Crippen LogP contribution >= 0.6 is 11.8 Å². The van der Waals surface area contributed by atoms with E-state index in [1.807, 2.05) is 0 Å². The number of aromatic nitrogens is 2. The summed E-state index contributed by atoms with van der Waals surface area (Å²) in [7, 11) is 1.61. The van der Waals surface area contributed by atoms with Gasteiger partial charge in [-0.05, 0) is 0 Å². The van der Waals surface area contributed by atoms with Crippen molar-refractivity contribution >= 4 is 11.8 Å². The molecule has 0 aliphatic rings. The standard InChI is InChI=1S/C9H14N2OS/c1-9(2,3)13-8-10-5-7(12-4)6-11-8/h5-6H,1-4H3. The first-order valence-corrected chi connectivity index (χ1v) is 4.88. The summed E-state index contributed by atoms with van der Waals surface area (Å²) >= 11 is 1.64. The number of hydrogen-bond acceptors (Lipinski definition) is 4. The molecule has 0 radical (unpaired) electrons. The summed E-state index contributed by atoms with van der Waals surface area (Å²) in [6, 6.07) is 0. The third-order valence-electron chi connectivity index (χ3n) is 1.24. The van der Waals surface area contributed by atoms with E-state index in [1.165, 1.54) is 0 Å². The molecule has 0 bridgehead atoms. The number of hydrogen-bond donors (Lipinski definition) is 0. The molecule has 0 unspecified atom stereocenters. The lowest BCUT2D eigenvalue weighted by Gasteiger charge is -2.15. The quantitative estimate of drug-likeness (QED) is 0.540. The molecule has 0 amide bonds. The van der Waals surface area contributed by atoms with Crippen molar-refractivity contribution in [1.82, 2.24) is 9.97 Å². The average molecular weight is 198 g/mol. The van der Waals surface area contributed by atoms with Crippen LogP contribution in [0, 0.1) is 0 Å². The molecule has 0 saturated carbocycles. The zero-order valence-electron chi connectivity index (χ0n) is 8.37. The zero-order valence-corrected chi connectivity index (χ0v) is 9.18. The minimum atomic E-state index is 0.147.